The molecular weight excluding hydrogens is 376 g/mol. The van der Waals surface area contributed by atoms with Gasteiger partial charge < -0.3 is 10.3 Å². The van der Waals surface area contributed by atoms with Gasteiger partial charge in [0.25, 0.3) is 0 Å². The van der Waals surface area contributed by atoms with Gasteiger partial charge in [0, 0.05) is 18.3 Å². The zero-order valence-electron chi connectivity index (χ0n) is 15.4. The van der Waals surface area contributed by atoms with E-state index in [9.17, 15) is 0 Å². The number of anilines is 1. The summed E-state index contributed by atoms with van der Waals surface area (Å²) < 4.78 is 2.03. The topological polar surface area (TPSA) is 82.5 Å². The fourth-order valence-corrected chi connectivity index (χ4v) is 4.76. The first kappa shape index (κ1) is 17.9. The fraction of sp³-hybridized carbons (Fsp3) is 0.263. The van der Waals surface area contributed by atoms with Crippen molar-refractivity contribution < 1.29 is 0 Å². The van der Waals surface area contributed by atoms with Crippen LogP contribution in [0.1, 0.15) is 27.7 Å². The van der Waals surface area contributed by atoms with E-state index in [4.69, 9.17) is 5.73 Å². The highest BCUT2D eigenvalue weighted by atomic mass is 32.2. The van der Waals surface area contributed by atoms with Crippen LogP contribution in [0, 0.1) is 13.8 Å². The van der Waals surface area contributed by atoms with E-state index in [2.05, 4.69) is 46.1 Å². The van der Waals surface area contributed by atoms with E-state index in [0.717, 1.165) is 33.4 Å². The number of rotatable bonds is 5. The number of thioether (sulfide) groups is 1. The van der Waals surface area contributed by atoms with Gasteiger partial charge >= 0.3 is 0 Å². The van der Waals surface area contributed by atoms with Crippen LogP contribution in [0.25, 0.3) is 10.2 Å². The normalized spacial score (nSPS) is 11.4. The molecule has 0 saturated heterocycles. The van der Waals surface area contributed by atoms with E-state index in [1.807, 2.05) is 29.8 Å². The van der Waals surface area contributed by atoms with Crippen molar-refractivity contribution >= 4 is 39.1 Å². The quantitative estimate of drug-likeness (QED) is 0.515. The molecule has 3 heterocycles. The molecule has 6 nitrogen and oxygen atoms in total. The third kappa shape index (κ3) is 3.54. The number of thiophene rings is 1. The Hall–Kier alpha value is -2.45. The van der Waals surface area contributed by atoms with Crippen LogP contribution < -0.4 is 5.73 Å². The van der Waals surface area contributed by atoms with Crippen LogP contribution in [-0.4, -0.2) is 24.7 Å². The third-order valence-corrected chi connectivity index (χ3v) is 6.68. The van der Waals surface area contributed by atoms with Gasteiger partial charge in [-0.05, 0) is 25.0 Å². The van der Waals surface area contributed by atoms with Crippen LogP contribution in [0.4, 0.5) is 5.82 Å². The second-order valence-electron chi connectivity index (χ2n) is 6.40. The average Bonchev–Trinajstić information content (AvgIpc) is 3.14. The zero-order valence-corrected chi connectivity index (χ0v) is 17.1. The molecule has 0 radical (unpaired) electrons. The van der Waals surface area contributed by atoms with Gasteiger partial charge in [0.2, 0.25) is 0 Å². The molecule has 0 amide bonds. The predicted octanol–water partition coefficient (Wildman–Crippen LogP) is 3.90. The van der Waals surface area contributed by atoms with Gasteiger partial charge in [-0.25, -0.2) is 9.97 Å². The molecule has 0 aliphatic heterocycles. The predicted molar refractivity (Wildman–Crippen MR) is 111 cm³/mol. The number of nitrogen functional groups attached to an aromatic ring is 1. The summed E-state index contributed by atoms with van der Waals surface area (Å²) in [5, 5.41) is 10.5. The van der Waals surface area contributed by atoms with E-state index < -0.39 is 0 Å². The van der Waals surface area contributed by atoms with Gasteiger partial charge in [-0.15, -0.1) is 21.5 Å². The summed E-state index contributed by atoms with van der Waals surface area (Å²) >= 11 is 3.24. The fourth-order valence-electron chi connectivity index (χ4n) is 2.92. The minimum Gasteiger partial charge on any atom is -0.383 e. The van der Waals surface area contributed by atoms with E-state index in [1.54, 1.807) is 23.1 Å². The van der Waals surface area contributed by atoms with Crippen molar-refractivity contribution in [1.29, 1.82) is 0 Å². The summed E-state index contributed by atoms with van der Waals surface area (Å²) in [6.45, 7) is 4.15. The molecule has 0 aliphatic carbocycles. The lowest BCUT2D eigenvalue weighted by Crippen LogP contribution is -2.02. The lowest BCUT2D eigenvalue weighted by Gasteiger charge is -2.05. The van der Waals surface area contributed by atoms with Crippen molar-refractivity contribution in [2.24, 2.45) is 7.05 Å². The Morgan fingerprint density at radius 3 is 2.67 bits per heavy atom. The molecule has 4 rings (SSSR count). The highest BCUT2D eigenvalue weighted by Gasteiger charge is 2.15. The number of hydrogen-bond donors (Lipinski definition) is 1. The minimum absolute atomic E-state index is 0.556. The zero-order chi connectivity index (χ0) is 19.0. The SMILES string of the molecule is Cc1sc2nc(CSc3nnc(Cc4ccccc4)n3C)nc(N)c2c1C. The van der Waals surface area contributed by atoms with Gasteiger partial charge in [0.15, 0.2) is 5.16 Å². The van der Waals surface area contributed by atoms with Crippen molar-refractivity contribution in [3.8, 4) is 0 Å². The Labute approximate surface area is 165 Å². The molecule has 0 bridgehead atoms. The molecule has 3 aromatic heterocycles. The Balaban J connectivity index is 1.51. The minimum atomic E-state index is 0.556. The molecule has 0 fully saturated rings. The van der Waals surface area contributed by atoms with E-state index in [0.29, 0.717) is 11.6 Å². The van der Waals surface area contributed by atoms with Crippen LogP contribution in [0.3, 0.4) is 0 Å². The van der Waals surface area contributed by atoms with Crippen LogP contribution in [0.2, 0.25) is 0 Å². The molecule has 0 atom stereocenters. The first-order valence-corrected chi connectivity index (χ1v) is 10.4. The number of nitrogens with zero attached hydrogens (tertiary/aromatic N) is 5. The third-order valence-electron chi connectivity index (χ3n) is 4.56. The number of nitrogens with two attached hydrogens (primary N) is 1. The first-order chi connectivity index (χ1) is 13.0. The molecule has 0 aliphatic rings. The molecule has 4 aromatic rings. The second-order valence-corrected chi connectivity index (χ2v) is 8.54. The molecule has 138 valence electrons. The van der Waals surface area contributed by atoms with Gasteiger partial charge in [-0.2, -0.15) is 0 Å². The molecule has 1 aromatic carbocycles. The van der Waals surface area contributed by atoms with Gasteiger partial charge in [-0.3, -0.25) is 0 Å². The molecule has 0 saturated carbocycles. The van der Waals surface area contributed by atoms with Crippen LogP contribution >= 0.6 is 23.1 Å². The van der Waals surface area contributed by atoms with E-state index in [1.165, 1.54) is 16.0 Å². The summed E-state index contributed by atoms with van der Waals surface area (Å²) in [6.07, 6.45) is 0.758. The molecule has 2 N–H and O–H groups in total. The Morgan fingerprint density at radius 2 is 1.89 bits per heavy atom. The van der Waals surface area contributed by atoms with E-state index in [-0.39, 0.29) is 0 Å². The lowest BCUT2D eigenvalue weighted by atomic mass is 10.1. The van der Waals surface area contributed by atoms with Crippen molar-refractivity contribution in [2.45, 2.75) is 31.2 Å². The molecule has 0 spiro atoms. The smallest absolute Gasteiger partial charge is 0.191 e. The summed E-state index contributed by atoms with van der Waals surface area (Å²) in [5.41, 5.74) is 8.56. The Morgan fingerprint density at radius 1 is 1.11 bits per heavy atom. The van der Waals surface area contributed by atoms with E-state index >= 15 is 0 Å². The monoisotopic (exact) mass is 396 g/mol. The number of hydrogen-bond acceptors (Lipinski definition) is 7. The van der Waals surface area contributed by atoms with Crippen molar-refractivity contribution in [3.63, 3.8) is 0 Å². The van der Waals surface area contributed by atoms with Gasteiger partial charge in [0.1, 0.15) is 22.3 Å². The Bertz CT molecular complexity index is 1100. The van der Waals surface area contributed by atoms with Crippen molar-refractivity contribution in [3.05, 3.63) is 58.0 Å². The summed E-state index contributed by atoms with van der Waals surface area (Å²) in [4.78, 5) is 11.4. The van der Waals surface area contributed by atoms with Crippen molar-refractivity contribution in [1.82, 2.24) is 24.7 Å². The second kappa shape index (κ2) is 7.28. The van der Waals surface area contributed by atoms with Gasteiger partial charge in [0.05, 0.1) is 11.1 Å². The summed E-state index contributed by atoms with van der Waals surface area (Å²) in [7, 11) is 1.99. The number of aryl methyl sites for hydroxylation is 2. The number of aromatic nitrogens is 5. The summed E-state index contributed by atoms with van der Waals surface area (Å²) in [5.74, 6) is 2.82. The lowest BCUT2D eigenvalue weighted by molar-refractivity contribution is 0.748. The van der Waals surface area contributed by atoms with Gasteiger partial charge in [-0.1, -0.05) is 42.1 Å². The average molecular weight is 397 g/mol. The molecule has 27 heavy (non-hydrogen) atoms. The van der Waals surface area contributed by atoms with Crippen LogP contribution in [0.5, 0.6) is 0 Å². The highest BCUT2D eigenvalue weighted by molar-refractivity contribution is 7.98. The maximum atomic E-state index is 6.17. The highest BCUT2D eigenvalue weighted by Crippen LogP contribution is 2.32. The maximum Gasteiger partial charge on any atom is 0.191 e. The number of fused-ring (bicyclic) bond motifs is 1. The summed E-state index contributed by atoms with van der Waals surface area (Å²) in [6, 6.07) is 10.3. The van der Waals surface area contributed by atoms with Crippen LogP contribution in [-0.2, 0) is 19.2 Å². The molecule has 8 heteroatoms. The maximum absolute atomic E-state index is 6.17. The standard InChI is InChI=1S/C19H20N6S2/c1-11-12(2)27-18-16(11)17(20)21-14(22-18)10-26-19-24-23-15(25(19)3)9-13-7-5-4-6-8-13/h4-8H,9-10H2,1-3H3,(H2,20,21,22). The van der Waals surface area contributed by atoms with Crippen molar-refractivity contribution in [2.75, 3.05) is 5.73 Å². The number of benzene rings is 1. The Kier molecular flexibility index (Phi) is 4.84. The molecular formula is C19H20N6S2. The largest absolute Gasteiger partial charge is 0.383 e. The van der Waals surface area contributed by atoms with Crippen LogP contribution in [0.15, 0.2) is 35.5 Å². The molecule has 0 unspecified atom stereocenters. The first-order valence-electron chi connectivity index (χ1n) is 8.60.